The molecule has 0 amide bonds. The van der Waals surface area contributed by atoms with Crippen molar-refractivity contribution in [1.82, 2.24) is 4.98 Å². The van der Waals surface area contributed by atoms with Gasteiger partial charge < -0.3 is 10.1 Å². The van der Waals surface area contributed by atoms with Gasteiger partial charge in [0.2, 0.25) is 0 Å². The number of halogens is 1. The lowest BCUT2D eigenvalue weighted by atomic mass is 9.60. The molecule has 1 aliphatic carbocycles. The van der Waals surface area contributed by atoms with Gasteiger partial charge in [-0.25, -0.2) is 4.39 Å². The maximum Gasteiger partial charge on any atom is 0.181 e. The summed E-state index contributed by atoms with van der Waals surface area (Å²) in [4.78, 5) is 17.0. The van der Waals surface area contributed by atoms with E-state index in [1.165, 1.54) is 12.1 Å². The third kappa shape index (κ3) is 2.75. The van der Waals surface area contributed by atoms with Crippen LogP contribution in [0.3, 0.4) is 0 Å². The van der Waals surface area contributed by atoms with Crippen LogP contribution >= 0.6 is 0 Å². The van der Waals surface area contributed by atoms with E-state index in [-0.39, 0.29) is 17.4 Å². The number of carbonyl (C=O) groups excluding carboxylic acids is 1. The van der Waals surface area contributed by atoms with Crippen LogP contribution in [0.1, 0.15) is 35.2 Å². The minimum Gasteiger partial charge on any atom is -0.510 e. The molecule has 0 fully saturated rings. The van der Waals surface area contributed by atoms with Crippen LogP contribution in [-0.2, 0) is 10.2 Å². The van der Waals surface area contributed by atoms with E-state index >= 15 is 0 Å². The van der Waals surface area contributed by atoms with Gasteiger partial charge in [0.15, 0.2) is 5.78 Å². The molecule has 5 rings (SSSR count). The predicted molar refractivity (Wildman–Crippen MR) is 120 cm³/mol. The summed E-state index contributed by atoms with van der Waals surface area (Å²) in [5.74, 6) is -0.798. The Morgan fingerprint density at radius 3 is 2.26 bits per heavy atom. The van der Waals surface area contributed by atoms with E-state index in [4.69, 9.17) is 0 Å². The molecular formula is C27H22FNO2. The molecule has 1 aliphatic rings. The van der Waals surface area contributed by atoms with E-state index in [1.54, 1.807) is 13.0 Å². The molecule has 0 saturated carbocycles. The van der Waals surface area contributed by atoms with Gasteiger partial charge in [0.25, 0.3) is 0 Å². The Morgan fingerprint density at radius 2 is 1.61 bits per heavy atom. The van der Waals surface area contributed by atoms with Crippen molar-refractivity contribution in [3.8, 4) is 0 Å². The van der Waals surface area contributed by atoms with E-state index in [1.807, 2.05) is 67.6 Å². The number of nitrogens with one attached hydrogen (secondary N) is 1. The van der Waals surface area contributed by atoms with Crippen molar-refractivity contribution in [1.29, 1.82) is 0 Å². The first-order chi connectivity index (χ1) is 14.9. The highest BCUT2D eigenvalue weighted by Crippen LogP contribution is 2.51. The lowest BCUT2D eigenvalue weighted by molar-refractivity contribution is -0.123. The van der Waals surface area contributed by atoms with Crippen molar-refractivity contribution in [2.24, 2.45) is 0 Å². The lowest BCUT2D eigenvalue weighted by Crippen LogP contribution is -2.47. The van der Waals surface area contributed by atoms with Gasteiger partial charge in [0.05, 0.1) is 5.92 Å². The molecule has 3 aromatic carbocycles. The molecule has 154 valence electrons. The number of hydrogen-bond acceptors (Lipinski definition) is 2. The van der Waals surface area contributed by atoms with Crippen LogP contribution in [0.2, 0.25) is 0 Å². The highest BCUT2D eigenvalue weighted by molar-refractivity contribution is 6.14. The number of aromatic nitrogens is 1. The number of aliphatic hydroxyl groups excluding tert-OH is 1. The van der Waals surface area contributed by atoms with Gasteiger partial charge in [-0.3, -0.25) is 4.79 Å². The lowest BCUT2D eigenvalue weighted by Gasteiger charge is -2.41. The zero-order valence-corrected chi connectivity index (χ0v) is 17.3. The second-order valence-electron chi connectivity index (χ2n) is 8.28. The third-order valence-corrected chi connectivity index (χ3v) is 6.55. The summed E-state index contributed by atoms with van der Waals surface area (Å²) in [6.45, 7) is 3.68. The van der Waals surface area contributed by atoms with E-state index in [2.05, 4.69) is 4.98 Å². The zero-order valence-electron chi connectivity index (χ0n) is 17.3. The van der Waals surface area contributed by atoms with Crippen molar-refractivity contribution in [3.63, 3.8) is 0 Å². The Labute approximate surface area is 179 Å². The maximum absolute atomic E-state index is 13.9. The van der Waals surface area contributed by atoms with Crippen LogP contribution in [-0.4, -0.2) is 15.9 Å². The average molecular weight is 411 g/mol. The van der Waals surface area contributed by atoms with E-state index in [0.29, 0.717) is 5.57 Å². The molecule has 3 nitrogen and oxygen atoms in total. The van der Waals surface area contributed by atoms with Crippen LogP contribution in [0.15, 0.2) is 90.2 Å². The number of Topliss-reactive ketones (excluding diaryl/α,β-unsaturated/α-hetero) is 1. The summed E-state index contributed by atoms with van der Waals surface area (Å²) in [6.07, 6.45) is 0. The van der Waals surface area contributed by atoms with Gasteiger partial charge in [0, 0.05) is 22.2 Å². The number of rotatable bonds is 4. The van der Waals surface area contributed by atoms with Crippen LogP contribution in [0.25, 0.3) is 10.9 Å². The minimum atomic E-state index is -1.06. The number of aromatic amines is 1. The first-order valence-corrected chi connectivity index (χ1v) is 10.3. The second-order valence-corrected chi connectivity index (χ2v) is 8.28. The first-order valence-electron chi connectivity index (χ1n) is 10.3. The Bertz CT molecular complexity index is 1340. The second kappa shape index (κ2) is 6.95. The highest BCUT2D eigenvalue weighted by atomic mass is 19.1. The van der Waals surface area contributed by atoms with Crippen LogP contribution < -0.4 is 0 Å². The molecule has 2 N–H and O–H groups in total. The van der Waals surface area contributed by atoms with Crippen LogP contribution in [0.5, 0.6) is 0 Å². The molecule has 4 heteroatoms. The number of allylic oxidation sites excluding steroid dienone is 2. The van der Waals surface area contributed by atoms with Gasteiger partial charge in [0.1, 0.15) is 17.0 Å². The zero-order chi connectivity index (χ0) is 21.8. The van der Waals surface area contributed by atoms with Crippen LogP contribution in [0, 0.1) is 12.7 Å². The minimum absolute atomic E-state index is 0.0850. The van der Waals surface area contributed by atoms with Crippen molar-refractivity contribution >= 4 is 16.7 Å². The molecule has 0 bridgehead atoms. The van der Waals surface area contributed by atoms with Crippen molar-refractivity contribution in [3.05, 3.63) is 118 Å². The molecule has 2 atom stereocenters. The summed E-state index contributed by atoms with van der Waals surface area (Å²) >= 11 is 0. The van der Waals surface area contributed by atoms with E-state index in [0.717, 1.165) is 33.3 Å². The molecule has 4 aromatic rings. The fourth-order valence-electron chi connectivity index (χ4n) is 4.73. The summed E-state index contributed by atoms with van der Waals surface area (Å²) in [5.41, 5.74) is 3.43. The molecule has 0 spiro atoms. The van der Waals surface area contributed by atoms with Gasteiger partial charge in [-0.1, -0.05) is 60.7 Å². The number of ketones is 1. The Hall–Kier alpha value is -3.66. The standard InChI is InChI=1S/C27H22FNO2/c1-16-20-15-19(28)13-14-21(20)29-24(16)22(17-9-5-3-6-10-17)23-25(30)27(2,26(23)31)18-11-7-4-8-12-18/h3-15,22,29-30H,1-2H3. The monoisotopic (exact) mass is 411 g/mol. The van der Waals surface area contributed by atoms with Gasteiger partial charge in [-0.05, 0) is 48.7 Å². The largest absolute Gasteiger partial charge is 0.510 e. The number of aryl methyl sites for hydroxylation is 1. The molecule has 1 aromatic heterocycles. The van der Waals surface area contributed by atoms with Crippen molar-refractivity contribution in [2.45, 2.75) is 25.2 Å². The van der Waals surface area contributed by atoms with Crippen LogP contribution in [0.4, 0.5) is 4.39 Å². The topological polar surface area (TPSA) is 53.1 Å². The third-order valence-electron chi connectivity index (χ3n) is 6.55. The summed E-state index contributed by atoms with van der Waals surface area (Å²) in [7, 11) is 0. The highest BCUT2D eigenvalue weighted by Gasteiger charge is 2.54. The fourth-order valence-corrected chi connectivity index (χ4v) is 4.73. The molecule has 0 radical (unpaired) electrons. The molecule has 2 unspecified atom stereocenters. The predicted octanol–water partition coefficient (Wildman–Crippen LogP) is 6.10. The van der Waals surface area contributed by atoms with E-state index < -0.39 is 11.3 Å². The first kappa shape index (κ1) is 19.3. The molecule has 1 heterocycles. The summed E-state index contributed by atoms with van der Waals surface area (Å²) in [5, 5.41) is 12.0. The van der Waals surface area contributed by atoms with Crippen molar-refractivity contribution < 1.29 is 14.3 Å². The molecular weight excluding hydrogens is 389 g/mol. The van der Waals surface area contributed by atoms with Crippen molar-refractivity contribution in [2.75, 3.05) is 0 Å². The number of hydrogen-bond donors (Lipinski definition) is 2. The van der Waals surface area contributed by atoms with E-state index in [9.17, 15) is 14.3 Å². The smallest absolute Gasteiger partial charge is 0.181 e. The Balaban J connectivity index is 1.73. The average Bonchev–Trinajstić information content (AvgIpc) is 3.13. The number of aliphatic hydroxyl groups is 1. The quantitative estimate of drug-likeness (QED) is 0.426. The maximum atomic E-state index is 13.9. The van der Waals surface area contributed by atoms with Gasteiger partial charge >= 0.3 is 0 Å². The SMILES string of the molecule is Cc1c(C(C2=C(O)C(C)(c3ccccc3)C2=O)c2ccccc2)[nH]c2ccc(F)cc12. The number of carbonyl (C=O) groups is 1. The Morgan fingerprint density at radius 1 is 0.968 bits per heavy atom. The number of H-pyrrole nitrogens is 1. The van der Waals surface area contributed by atoms with Gasteiger partial charge in [-0.15, -0.1) is 0 Å². The molecule has 0 aliphatic heterocycles. The molecule has 0 saturated heterocycles. The molecule has 31 heavy (non-hydrogen) atoms. The summed E-state index contributed by atoms with van der Waals surface area (Å²) < 4.78 is 13.9. The number of fused-ring (bicyclic) bond motifs is 1. The fraction of sp³-hybridized carbons (Fsp3) is 0.148. The van der Waals surface area contributed by atoms with Gasteiger partial charge in [-0.2, -0.15) is 0 Å². The Kier molecular flexibility index (Phi) is 4.33. The summed E-state index contributed by atoms with van der Waals surface area (Å²) in [6, 6.07) is 23.6. The number of benzene rings is 3. The normalized spacial score (nSPS) is 19.5.